The van der Waals surface area contributed by atoms with Crippen LogP contribution in [0.15, 0.2) is 36.4 Å². The van der Waals surface area contributed by atoms with Gasteiger partial charge in [-0.3, -0.25) is 9.59 Å². The molecule has 0 spiro atoms. The maximum atomic E-state index is 11.2. The number of aromatic nitrogens is 1. The molecule has 0 fully saturated rings. The van der Waals surface area contributed by atoms with Gasteiger partial charge in [0.05, 0.1) is 0 Å². The van der Waals surface area contributed by atoms with Crippen LogP contribution in [0, 0.1) is 0 Å². The van der Waals surface area contributed by atoms with Crippen molar-refractivity contribution in [1.82, 2.24) is 4.57 Å². The van der Waals surface area contributed by atoms with Gasteiger partial charge >= 0.3 is 0 Å². The van der Waals surface area contributed by atoms with Gasteiger partial charge in [0.15, 0.2) is 0 Å². The molecule has 0 aliphatic carbocycles. The quantitative estimate of drug-likeness (QED) is 0.377. The molecule has 0 N–H and O–H groups in total. The highest BCUT2D eigenvalue weighted by Gasteiger charge is 2.17. The molecule has 0 aliphatic heterocycles. The van der Waals surface area contributed by atoms with E-state index >= 15 is 0 Å². The van der Waals surface area contributed by atoms with Crippen LogP contribution in [-0.2, 0) is 0 Å². The number of carbonyl (C=O) groups is 2. The minimum atomic E-state index is 0.427. The predicted molar refractivity (Wildman–Crippen MR) is 104 cm³/mol. The van der Waals surface area contributed by atoms with Crippen LogP contribution in [-0.4, -0.2) is 17.1 Å². The molecule has 0 saturated carbocycles. The molecule has 3 rings (SSSR count). The SMILES string of the molecule is CCCCCC(CC)n1c2ccc(C=O)cc2c2cc(C=O)ccc21. The Kier molecular flexibility index (Phi) is 5.32. The van der Waals surface area contributed by atoms with Crippen LogP contribution in [0.1, 0.15) is 72.7 Å². The summed E-state index contributed by atoms with van der Waals surface area (Å²) in [5, 5.41) is 2.11. The number of nitrogens with zero attached hydrogens (tertiary/aromatic N) is 1. The van der Waals surface area contributed by atoms with E-state index in [9.17, 15) is 9.59 Å². The van der Waals surface area contributed by atoms with Crippen molar-refractivity contribution >= 4 is 34.4 Å². The van der Waals surface area contributed by atoms with Crippen molar-refractivity contribution in [3.63, 3.8) is 0 Å². The lowest BCUT2D eigenvalue weighted by Crippen LogP contribution is -2.08. The molecule has 3 aromatic rings. The maximum absolute atomic E-state index is 11.2. The van der Waals surface area contributed by atoms with Gasteiger partial charge in [0.25, 0.3) is 0 Å². The van der Waals surface area contributed by atoms with E-state index in [0.29, 0.717) is 17.2 Å². The molecule has 0 radical (unpaired) electrons. The Morgan fingerprint density at radius 1 is 0.880 bits per heavy atom. The summed E-state index contributed by atoms with van der Waals surface area (Å²) in [5.74, 6) is 0. The second-order valence-corrected chi connectivity index (χ2v) is 6.72. The molecule has 130 valence electrons. The minimum Gasteiger partial charge on any atom is -0.337 e. The van der Waals surface area contributed by atoms with Crippen molar-refractivity contribution in [2.45, 2.75) is 52.0 Å². The van der Waals surface area contributed by atoms with Crippen LogP contribution in [0.3, 0.4) is 0 Å². The smallest absolute Gasteiger partial charge is 0.150 e. The highest BCUT2D eigenvalue weighted by molar-refractivity contribution is 6.10. The number of hydrogen-bond donors (Lipinski definition) is 0. The van der Waals surface area contributed by atoms with Crippen LogP contribution in [0.5, 0.6) is 0 Å². The van der Waals surface area contributed by atoms with Crippen molar-refractivity contribution in [3.8, 4) is 0 Å². The molecular formula is C22H25NO2. The zero-order valence-corrected chi connectivity index (χ0v) is 15.0. The third-order valence-electron chi connectivity index (χ3n) is 5.10. The first-order chi connectivity index (χ1) is 12.2. The average Bonchev–Trinajstić information content (AvgIpc) is 2.98. The summed E-state index contributed by atoms with van der Waals surface area (Å²) in [7, 11) is 0. The molecule has 25 heavy (non-hydrogen) atoms. The second-order valence-electron chi connectivity index (χ2n) is 6.72. The topological polar surface area (TPSA) is 39.1 Å². The van der Waals surface area contributed by atoms with Gasteiger partial charge < -0.3 is 4.57 Å². The highest BCUT2D eigenvalue weighted by atomic mass is 16.1. The van der Waals surface area contributed by atoms with Crippen molar-refractivity contribution < 1.29 is 9.59 Å². The fourth-order valence-corrected chi connectivity index (χ4v) is 3.77. The third kappa shape index (κ3) is 3.23. The van der Waals surface area contributed by atoms with E-state index in [0.717, 1.165) is 47.2 Å². The lowest BCUT2D eigenvalue weighted by atomic mass is 10.1. The lowest BCUT2D eigenvalue weighted by Gasteiger charge is -2.20. The fraction of sp³-hybridized carbons (Fsp3) is 0.364. The van der Waals surface area contributed by atoms with Crippen LogP contribution >= 0.6 is 0 Å². The Morgan fingerprint density at radius 3 is 1.88 bits per heavy atom. The molecule has 1 heterocycles. The summed E-state index contributed by atoms with van der Waals surface area (Å²) < 4.78 is 2.41. The molecule has 3 heteroatoms. The first-order valence-corrected chi connectivity index (χ1v) is 9.21. The second kappa shape index (κ2) is 7.64. The first kappa shape index (κ1) is 17.4. The highest BCUT2D eigenvalue weighted by Crippen LogP contribution is 2.35. The van der Waals surface area contributed by atoms with Crippen molar-refractivity contribution in [1.29, 1.82) is 0 Å². The van der Waals surface area contributed by atoms with Crippen molar-refractivity contribution in [2.24, 2.45) is 0 Å². The first-order valence-electron chi connectivity index (χ1n) is 9.21. The lowest BCUT2D eigenvalue weighted by molar-refractivity contribution is 0.111. The van der Waals surface area contributed by atoms with Gasteiger partial charge in [0.2, 0.25) is 0 Å². The molecule has 0 bridgehead atoms. The number of aldehydes is 2. The summed E-state index contributed by atoms with van der Waals surface area (Å²) in [5.41, 5.74) is 3.63. The Balaban J connectivity index is 2.24. The van der Waals surface area contributed by atoms with Gasteiger partial charge in [-0.1, -0.05) is 33.1 Å². The molecular weight excluding hydrogens is 310 g/mol. The van der Waals surface area contributed by atoms with Crippen LogP contribution in [0.25, 0.3) is 21.8 Å². The van der Waals surface area contributed by atoms with Crippen LogP contribution < -0.4 is 0 Å². The van der Waals surface area contributed by atoms with E-state index in [-0.39, 0.29) is 0 Å². The van der Waals surface area contributed by atoms with Crippen molar-refractivity contribution in [3.05, 3.63) is 47.5 Å². The van der Waals surface area contributed by atoms with E-state index in [1.165, 1.54) is 19.3 Å². The van der Waals surface area contributed by atoms with Gasteiger partial charge in [-0.05, 0) is 49.2 Å². The molecule has 0 aliphatic rings. The standard InChI is InChI=1S/C22H25NO2/c1-3-5-6-7-18(4-2)23-21-10-8-16(14-24)12-19(21)20-13-17(15-25)9-11-22(20)23/h8-15,18H,3-7H2,1-2H3. The van der Waals surface area contributed by atoms with E-state index < -0.39 is 0 Å². The van der Waals surface area contributed by atoms with Gasteiger partial charge in [0.1, 0.15) is 12.6 Å². The summed E-state index contributed by atoms with van der Waals surface area (Å²) in [6.45, 7) is 4.46. The number of hydrogen-bond acceptors (Lipinski definition) is 2. The zero-order valence-electron chi connectivity index (χ0n) is 15.0. The summed E-state index contributed by atoms with van der Waals surface area (Å²) in [4.78, 5) is 22.4. The molecule has 1 aromatic heterocycles. The summed E-state index contributed by atoms with van der Waals surface area (Å²) >= 11 is 0. The fourth-order valence-electron chi connectivity index (χ4n) is 3.77. The Morgan fingerprint density at radius 2 is 1.44 bits per heavy atom. The third-order valence-corrected chi connectivity index (χ3v) is 5.10. The van der Waals surface area contributed by atoms with Gasteiger partial charge in [-0.15, -0.1) is 0 Å². The van der Waals surface area contributed by atoms with E-state index in [1.807, 2.05) is 36.4 Å². The Hall–Kier alpha value is -2.42. The predicted octanol–water partition coefficient (Wildman–Crippen LogP) is 5.95. The largest absolute Gasteiger partial charge is 0.337 e. The molecule has 2 aromatic carbocycles. The number of carbonyl (C=O) groups excluding carboxylic acids is 2. The van der Waals surface area contributed by atoms with Crippen molar-refractivity contribution in [2.75, 3.05) is 0 Å². The minimum absolute atomic E-state index is 0.427. The Labute approximate surface area is 148 Å². The van der Waals surface area contributed by atoms with Crippen LogP contribution in [0.2, 0.25) is 0 Å². The van der Waals surface area contributed by atoms with Gasteiger partial charge in [-0.25, -0.2) is 0 Å². The maximum Gasteiger partial charge on any atom is 0.150 e. The average molecular weight is 335 g/mol. The van der Waals surface area contributed by atoms with E-state index in [2.05, 4.69) is 18.4 Å². The summed E-state index contributed by atoms with van der Waals surface area (Å²) in [6, 6.07) is 12.2. The van der Waals surface area contributed by atoms with E-state index in [4.69, 9.17) is 0 Å². The molecule has 3 nitrogen and oxygen atoms in total. The zero-order chi connectivity index (χ0) is 17.8. The molecule has 0 saturated heterocycles. The number of unbranched alkanes of at least 4 members (excludes halogenated alkanes) is 2. The normalized spacial score (nSPS) is 12.6. The monoisotopic (exact) mass is 335 g/mol. The summed E-state index contributed by atoms with van der Waals surface area (Å²) in [6.07, 6.45) is 7.65. The molecule has 1 unspecified atom stereocenters. The number of rotatable bonds is 8. The number of fused-ring (bicyclic) bond motifs is 3. The molecule has 1 atom stereocenters. The van der Waals surface area contributed by atoms with Gasteiger partial charge in [-0.2, -0.15) is 0 Å². The Bertz CT molecular complexity index is 842. The van der Waals surface area contributed by atoms with E-state index in [1.54, 1.807) is 0 Å². The number of benzene rings is 2. The molecule has 0 amide bonds. The van der Waals surface area contributed by atoms with Crippen LogP contribution in [0.4, 0.5) is 0 Å². The van der Waals surface area contributed by atoms with Gasteiger partial charge in [0, 0.05) is 39.0 Å².